The Balaban J connectivity index is 1.40. The van der Waals surface area contributed by atoms with E-state index in [1.807, 2.05) is 36.4 Å². The number of hydrogen-bond acceptors (Lipinski definition) is 6. The summed E-state index contributed by atoms with van der Waals surface area (Å²) in [6.07, 6.45) is 9.19. The molecule has 0 saturated carbocycles. The standard InChI is InChI=1S/C33H27NO3S2/c1-36-29-15-13-28(14-16-29)34(26-9-3-24(4-10-26)7-17-30-19-20-32(23-35)38-30)27-11-5-25(6-12-27)8-18-31-21-22-33(37-2)39-31/h3-23H,1-2H3. The van der Waals surface area contributed by atoms with Crippen LogP contribution in [0.15, 0.2) is 97.1 Å². The average Bonchev–Trinajstić information content (AvgIpc) is 3.66. The summed E-state index contributed by atoms with van der Waals surface area (Å²) in [6, 6.07) is 32.9. The minimum absolute atomic E-state index is 0.730. The fourth-order valence-electron chi connectivity index (χ4n) is 4.06. The van der Waals surface area contributed by atoms with E-state index < -0.39 is 0 Å². The van der Waals surface area contributed by atoms with Gasteiger partial charge < -0.3 is 14.4 Å². The smallest absolute Gasteiger partial charge is 0.173 e. The van der Waals surface area contributed by atoms with E-state index in [0.717, 1.165) is 59.9 Å². The van der Waals surface area contributed by atoms with Gasteiger partial charge in [-0.1, -0.05) is 47.8 Å². The third kappa shape index (κ3) is 6.55. The minimum Gasteiger partial charge on any atom is -0.497 e. The Bertz CT molecular complexity index is 1580. The lowest BCUT2D eigenvalue weighted by molar-refractivity contribution is 0.112. The van der Waals surface area contributed by atoms with E-state index in [2.05, 4.69) is 89.9 Å². The van der Waals surface area contributed by atoms with E-state index in [1.54, 1.807) is 25.6 Å². The highest BCUT2D eigenvalue weighted by Gasteiger charge is 2.12. The van der Waals surface area contributed by atoms with Crippen molar-refractivity contribution in [3.05, 3.63) is 123 Å². The van der Waals surface area contributed by atoms with Gasteiger partial charge in [-0.15, -0.1) is 11.3 Å². The van der Waals surface area contributed by atoms with Crippen molar-refractivity contribution in [3.63, 3.8) is 0 Å². The van der Waals surface area contributed by atoms with Crippen molar-refractivity contribution in [2.24, 2.45) is 0 Å². The second kappa shape index (κ2) is 12.4. The van der Waals surface area contributed by atoms with Gasteiger partial charge >= 0.3 is 0 Å². The quantitative estimate of drug-likeness (QED) is 0.163. The predicted molar refractivity (Wildman–Crippen MR) is 166 cm³/mol. The Labute approximate surface area is 236 Å². The zero-order valence-corrected chi connectivity index (χ0v) is 23.2. The van der Waals surface area contributed by atoms with Crippen LogP contribution in [0.1, 0.15) is 30.6 Å². The van der Waals surface area contributed by atoms with Crippen LogP contribution in [0.5, 0.6) is 10.8 Å². The van der Waals surface area contributed by atoms with E-state index in [9.17, 15) is 4.79 Å². The Morgan fingerprint density at radius 2 is 1.03 bits per heavy atom. The Kier molecular flexibility index (Phi) is 8.36. The fraction of sp³-hybridized carbons (Fsp3) is 0.0606. The molecule has 0 spiro atoms. The molecule has 194 valence electrons. The lowest BCUT2D eigenvalue weighted by Gasteiger charge is -2.26. The number of thiophene rings is 2. The van der Waals surface area contributed by atoms with Crippen molar-refractivity contribution >= 4 is 70.3 Å². The molecular formula is C33H27NO3S2. The first kappa shape index (κ1) is 26.2. The molecule has 5 rings (SSSR count). The molecule has 0 unspecified atom stereocenters. The van der Waals surface area contributed by atoms with Crippen molar-refractivity contribution in [1.29, 1.82) is 0 Å². The highest BCUT2D eigenvalue weighted by Crippen LogP contribution is 2.36. The molecule has 6 heteroatoms. The normalized spacial score (nSPS) is 11.2. The van der Waals surface area contributed by atoms with E-state index >= 15 is 0 Å². The molecule has 0 radical (unpaired) electrons. The van der Waals surface area contributed by atoms with Crippen molar-refractivity contribution in [3.8, 4) is 10.8 Å². The lowest BCUT2D eigenvalue weighted by Crippen LogP contribution is -2.09. The van der Waals surface area contributed by atoms with Gasteiger partial charge in [0.2, 0.25) is 0 Å². The summed E-state index contributed by atoms with van der Waals surface area (Å²) in [5.41, 5.74) is 5.34. The summed E-state index contributed by atoms with van der Waals surface area (Å²) in [4.78, 5) is 16.1. The van der Waals surface area contributed by atoms with Gasteiger partial charge in [0.05, 0.1) is 19.1 Å². The Hall–Kier alpha value is -4.39. The first-order valence-electron chi connectivity index (χ1n) is 12.3. The number of nitrogens with zero attached hydrogens (tertiary/aromatic N) is 1. The van der Waals surface area contributed by atoms with E-state index in [1.165, 1.54) is 11.3 Å². The topological polar surface area (TPSA) is 38.8 Å². The maximum absolute atomic E-state index is 11.0. The van der Waals surface area contributed by atoms with Crippen molar-refractivity contribution < 1.29 is 14.3 Å². The SMILES string of the molecule is COc1ccc(N(c2ccc(C=Cc3ccc(C=O)s3)cc2)c2ccc(C=Cc3ccc(OC)s3)cc2)cc1. The number of rotatable bonds is 10. The zero-order chi connectivity index (χ0) is 27.0. The molecular weight excluding hydrogens is 523 g/mol. The lowest BCUT2D eigenvalue weighted by atomic mass is 10.1. The van der Waals surface area contributed by atoms with Gasteiger partial charge in [0.1, 0.15) is 5.75 Å². The number of aldehydes is 1. The summed E-state index contributed by atoms with van der Waals surface area (Å²) < 4.78 is 10.7. The summed E-state index contributed by atoms with van der Waals surface area (Å²) in [5, 5.41) is 0.903. The molecule has 39 heavy (non-hydrogen) atoms. The largest absolute Gasteiger partial charge is 0.497 e. The molecule has 0 fully saturated rings. The summed E-state index contributed by atoms with van der Waals surface area (Å²) >= 11 is 3.10. The van der Waals surface area contributed by atoms with Crippen LogP contribution in [0.3, 0.4) is 0 Å². The second-order valence-electron chi connectivity index (χ2n) is 8.60. The highest BCUT2D eigenvalue weighted by atomic mass is 32.1. The summed E-state index contributed by atoms with van der Waals surface area (Å²) in [6.45, 7) is 0. The van der Waals surface area contributed by atoms with Gasteiger partial charge in [-0.2, -0.15) is 0 Å². The zero-order valence-electron chi connectivity index (χ0n) is 21.6. The molecule has 4 nitrogen and oxygen atoms in total. The number of benzene rings is 3. The molecule has 0 amide bonds. The molecule has 0 aliphatic carbocycles. The van der Waals surface area contributed by atoms with E-state index in [0.29, 0.717) is 0 Å². The molecule has 5 aromatic rings. The van der Waals surface area contributed by atoms with Crippen LogP contribution < -0.4 is 14.4 Å². The second-order valence-corrected chi connectivity index (χ2v) is 10.8. The fourth-order valence-corrected chi connectivity index (χ4v) is 5.51. The van der Waals surface area contributed by atoms with Crippen molar-refractivity contribution in [2.45, 2.75) is 0 Å². The van der Waals surface area contributed by atoms with Crippen LogP contribution in [-0.2, 0) is 0 Å². The summed E-state index contributed by atoms with van der Waals surface area (Å²) in [5.74, 6) is 0.816. The molecule has 0 saturated heterocycles. The van der Waals surface area contributed by atoms with Crippen LogP contribution in [-0.4, -0.2) is 20.5 Å². The predicted octanol–water partition coefficient (Wildman–Crippen LogP) is 9.45. The van der Waals surface area contributed by atoms with Gasteiger partial charge in [0, 0.05) is 26.8 Å². The van der Waals surface area contributed by atoms with Gasteiger partial charge in [-0.3, -0.25) is 4.79 Å². The molecule has 2 aromatic heterocycles. The molecule has 2 heterocycles. The highest BCUT2D eigenvalue weighted by molar-refractivity contribution is 7.15. The van der Waals surface area contributed by atoms with Crippen molar-refractivity contribution in [1.82, 2.24) is 0 Å². The Morgan fingerprint density at radius 3 is 1.49 bits per heavy atom. The maximum Gasteiger partial charge on any atom is 0.173 e. The number of ether oxygens (including phenoxy) is 2. The van der Waals surface area contributed by atoms with E-state index in [-0.39, 0.29) is 0 Å². The van der Waals surface area contributed by atoms with Gasteiger partial charge in [0.25, 0.3) is 0 Å². The van der Waals surface area contributed by atoms with Crippen LogP contribution in [0, 0.1) is 0 Å². The van der Waals surface area contributed by atoms with Crippen LogP contribution in [0.2, 0.25) is 0 Å². The van der Waals surface area contributed by atoms with Gasteiger partial charge in [-0.05, 0) is 96.1 Å². The van der Waals surface area contributed by atoms with Crippen LogP contribution in [0.4, 0.5) is 17.1 Å². The number of carbonyl (C=O) groups excluding carboxylic acids is 1. The Morgan fingerprint density at radius 1 is 0.538 bits per heavy atom. The third-order valence-electron chi connectivity index (χ3n) is 6.08. The average molecular weight is 550 g/mol. The maximum atomic E-state index is 11.0. The van der Waals surface area contributed by atoms with Crippen molar-refractivity contribution in [2.75, 3.05) is 19.1 Å². The van der Waals surface area contributed by atoms with Gasteiger partial charge in [0.15, 0.2) is 11.3 Å². The number of hydrogen-bond donors (Lipinski definition) is 0. The number of anilines is 3. The molecule has 0 atom stereocenters. The number of methoxy groups -OCH3 is 2. The summed E-state index contributed by atoms with van der Waals surface area (Å²) in [7, 11) is 3.36. The molecule has 0 aliphatic heterocycles. The molecule has 0 aliphatic rings. The minimum atomic E-state index is 0.730. The first-order chi connectivity index (χ1) is 19.1. The molecule has 3 aromatic carbocycles. The third-order valence-corrected chi connectivity index (χ3v) is 8.07. The van der Waals surface area contributed by atoms with Crippen LogP contribution >= 0.6 is 22.7 Å². The number of carbonyl (C=O) groups is 1. The molecule has 0 bridgehead atoms. The molecule has 0 N–H and O–H groups in total. The van der Waals surface area contributed by atoms with Crippen LogP contribution in [0.25, 0.3) is 24.3 Å². The first-order valence-corrected chi connectivity index (χ1v) is 14.0. The van der Waals surface area contributed by atoms with Gasteiger partial charge in [-0.25, -0.2) is 0 Å². The monoisotopic (exact) mass is 549 g/mol. The van der Waals surface area contributed by atoms with E-state index in [4.69, 9.17) is 9.47 Å².